The van der Waals surface area contributed by atoms with Gasteiger partial charge in [-0.25, -0.2) is 4.79 Å². The number of amides is 1. The van der Waals surface area contributed by atoms with Gasteiger partial charge in [0.25, 0.3) is 0 Å². The molecule has 1 fully saturated rings. The second-order valence-corrected chi connectivity index (χ2v) is 4.96. The van der Waals surface area contributed by atoms with Gasteiger partial charge in [0, 0.05) is 17.3 Å². The number of hydrogen-bond donors (Lipinski definition) is 2. The Balaban J connectivity index is 1.94. The molecule has 2 N–H and O–H groups in total. The third-order valence-electron chi connectivity index (χ3n) is 3.10. The van der Waals surface area contributed by atoms with E-state index in [1.165, 1.54) is 0 Å². The van der Waals surface area contributed by atoms with E-state index in [4.69, 9.17) is 4.74 Å². The summed E-state index contributed by atoms with van der Waals surface area (Å²) in [6.45, 7) is 3.88. The van der Waals surface area contributed by atoms with Crippen molar-refractivity contribution in [2.24, 2.45) is 5.92 Å². The molecule has 0 aliphatic heterocycles. The smallest absolute Gasteiger partial charge is 0.328 e. The summed E-state index contributed by atoms with van der Waals surface area (Å²) in [5, 5.41) is 5.94. The van der Waals surface area contributed by atoms with Crippen LogP contribution < -0.4 is 10.6 Å². The number of ether oxygens (including phenoxy) is 1. The Bertz CT molecular complexity index is 498. The minimum Gasteiger partial charge on any atom is -0.464 e. The summed E-state index contributed by atoms with van der Waals surface area (Å²) in [7, 11) is 0. The Hall–Kier alpha value is -2.04. The van der Waals surface area contributed by atoms with Gasteiger partial charge in [-0.3, -0.25) is 4.79 Å². The lowest BCUT2D eigenvalue weighted by atomic mass is 10.2. The summed E-state index contributed by atoms with van der Waals surface area (Å²) in [6, 6.07) is 6.91. The van der Waals surface area contributed by atoms with Crippen LogP contribution in [0.2, 0.25) is 0 Å². The molecule has 1 aliphatic carbocycles. The van der Waals surface area contributed by atoms with E-state index in [0.29, 0.717) is 6.61 Å². The SMILES string of the molecule is CCOC(=O)C(C)Nc1cccc(NC(=O)C2CC2)c1. The van der Waals surface area contributed by atoms with Crippen LogP contribution in [0.15, 0.2) is 24.3 Å². The number of hydrogen-bond acceptors (Lipinski definition) is 4. The molecule has 0 radical (unpaired) electrons. The molecule has 1 unspecified atom stereocenters. The molecule has 0 spiro atoms. The van der Waals surface area contributed by atoms with Gasteiger partial charge in [-0.15, -0.1) is 0 Å². The van der Waals surface area contributed by atoms with Crippen LogP contribution in [0.3, 0.4) is 0 Å². The van der Waals surface area contributed by atoms with E-state index in [2.05, 4.69) is 10.6 Å². The standard InChI is InChI=1S/C15H20N2O3/c1-3-20-15(19)10(2)16-12-5-4-6-13(9-12)17-14(18)11-7-8-11/h4-6,9-11,16H,3,7-8H2,1-2H3,(H,17,18). The van der Waals surface area contributed by atoms with Crippen LogP contribution in [-0.4, -0.2) is 24.5 Å². The molecular formula is C15H20N2O3. The van der Waals surface area contributed by atoms with Gasteiger partial charge in [0.2, 0.25) is 5.91 Å². The van der Waals surface area contributed by atoms with Gasteiger partial charge < -0.3 is 15.4 Å². The lowest BCUT2D eigenvalue weighted by molar-refractivity contribution is -0.143. The molecule has 2 rings (SSSR count). The van der Waals surface area contributed by atoms with Gasteiger partial charge in [0.05, 0.1) is 6.61 Å². The zero-order valence-electron chi connectivity index (χ0n) is 11.8. The quantitative estimate of drug-likeness (QED) is 0.783. The van der Waals surface area contributed by atoms with Gasteiger partial charge >= 0.3 is 5.97 Å². The summed E-state index contributed by atoms with van der Waals surface area (Å²) in [6.07, 6.45) is 1.95. The number of carbonyl (C=O) groups excluding carboxylic acids is 2. The van der Waals surface area contributed by atoms with E-state index in [-0.39, 0.29) is 17.8 Å². The number of nitrogens with one attached hydrogen (secondary N) is 2. The molecule has 5 nitrogen and oxygen atoms in total. The molecule has 20 heavy (non-hydrogen) atoms. The Morgan fingerprint density at radius 3 is 2.70 bits per heavy atom. The zero-order valence-corrected chi connectivity index (χ0v) is 11.8. The normalized spacial score (nSPS) is 15.3. The van der Waals surface area contributed by atoms with Gasteiger partial charge in [0.15, 0.2) is 0 Å². The van der Waals surface area contributed by atoms with Crippen LogP contribution in [0.5, 0.6) is 0 Å². The van der Waals surface area contributed by atoms with Gasteiger partial charge in [-0.1, -0.05) is 6.07 Å². The maximum absolute atomic E-state index is 11.7. The molecule has 1 amide bonds. The zero-order chi connectivity index (χ0) is 14.5. The first-order valence-corrected chi connectivity index (χ1v) is 6.94. The summed E-state index contributed by atoms with van der Waals surface area (Å²) < 4.78 is 4.94. The third-order valence-corrected chi connectivity index (χ3v) is 3.10. The lowest BCUT2D eigenvalue weighted by Crippen LogP contribution is -2.28. The van der Waals surface area contributed by atoms with E-state index >= 15 is 0 Å². The van der Waals surface area contributed by atoms with Crippen molar-refractivity contribution in [3.63, 3.8) is 0 Å². The number of esters is 1. The molecular weight excluding hydrogens is 256 g/mol. The second kappa shape index (κ2) is 6.41. The van der Waals surface area contributed by atoms with E-state index < -0.39 is 6.04 Å². The van der Waals surface area contributed by atoms with E-state index in [0.717, 1.165) is 24.2 Å². The highest BCUT2D eigenvalue weighted by Crippen LogP contribution is 2.30. The van der Waals surface area contributed by atoms with Crippen molar-refractivity contribution in [2.75, 3.05) is 17.2 Å². The summed E-state index contributed by atoms with van der Waals surface area (Å²) in [4.78, 5) is 23.2. The first kappa shape index (κ1) is 14.4. The van der Waals surface area contributed by atoms with Gasteiger partial charge in [-0.05, 0) is 44.9 Å². The Morgan fingerprint density at radius 2 is 2.05 bits per heavy atom. The van der Waals surface area contributed by atoms with Crippen molar-refractivity contribution < 1.29 is 14.3 Å². The summed E-state index contributed by atoms with van der Waals surface area (Å²) >= 11 is 0. The first-order valence-electron chi connectivity index (χ1n) is 6.94. The van der Waals surface area contributed by atoms with Crippen molar-refractivity contribution in [3.8, 4) is 0 Å². The maximum atomic E-state index is 11.7. The summed E-state index contributed by atoms with van der Waals surface area (Å²) in [5.41, 5.74) is 1.52. The van der Waals surface area contributed by atoms with Crippen LogP contribution >= 0.6 is 0 Å². The average molecular weight is 276 g/mol. The molecule has 0 aromatic heterocycles. The molecule has 1 aromatic carbocycles. The van der Waals surface area contributed by atoms with Crippen molar-refractivity contribution in [1.82, 2.24) is 0 Å². The van der Waals surface area contributed by atoms with Gasteiger partial charge in [-0.2, -0.15) is 0 Å². The largest absolute Gasteiger partial charge is 0.464 e. The van der Waals surface area contributed by atoms with Crippen LogP contribution in [0.25, 0.3) is 0 Å². The molecule has 1 aliphatic rings. The molecule has 1 aromatic rings. The van der Waals surface area contributed by atoms with Crippen molar-refractivity contribution >= 4 is 23.3 Å². The first-order chi connectivity index (χ1) is 9.60. The van der Waals surface area contributed by atoms with E-state index in [9.17, 15) is 9.59 Å². The molecule has 1 atom stereocenters. The average Bonchev–Trinajstić information content (AvgIpc) is 3.23. The third kappa shape index (κ3) is 3.98. The Labute approximate surface area is 118 Å². The fourth-order valence-corrected chi connectivity index (χ4v) is 1.85. The second-order valence-electron chi connectivity index (χ2n) is 4.96. The topological polar surface area (TPSA) is 67.4 Å². The number of benzene rings is 1. The number of carbonyl (C=O) groups is 2. The highest BCUT2D eigenvalue weighted by atomic mass is 16.5. The number of rotatable bonds is 6. The van der Waals surface area contributed by atoms with Crippen LogP contribution in [-0.2, 0) is 14.3 Å². The van der Waals surface area contributed by atoms with E-state index in [1.54, 1.807) is 13.8 Å². The fourth-order valence-electron chi connectivity index (χ4n) is 1.85. The predicted molar refractivity (Wildman–Crippen MR) is 77.5 cm³/mol. The highest BCUT2D eigenvalue weighted by molar-refractivity contribution is 5.94. The molecule has 0 bridgehead atoms. The lowest BCUT2D eigenvalue weighted by Gasteiger charge is -2.14. The fraction of sp³-hybridized carbons (Fsp3) is 0.467. The van der Waals surface area contributed by atoms with Crippen LogP contribution in [0.4, 0.5) is 11.4 Å². The Kier molecular flexibility index (Phi) is 4.61. The molecule has 5 heteroatoms. The minimum absolute atomic E-state index is 0.0700. The molecule has 108 valence electrons. The molecule has 0 heterocycles. The molecule has 1 saturated carbocycles. The van der Waals surface area contributed by atoms with Crippen molar-refractivity contribution in [2.45, 2.75) is 32.7 Å². The minimum atomic E-state index is -0.427. The van der Waals surface area contributed by atoms with Crippen molar-refractivity contribution in [1.29, 1.82) is 0 Å². The highest BCUT2D eigenvalue weighted by Gasteiger charge is 2.29. The van der Waals surface area contributed by atoms with Gasteiger partial charge in [0.1, 0.15) is 6.04 Å². The monoisotopic (exact) mass is 276 g/mol. The van der Waals surface area contributed by atoms with E-state index in [1.807, 2.05) is 24.3 Å². The number of anilines is 2. The molecule has 0 saturated heterocycles. The van der Waals surface area contributed by atoms with Crippen LogP contribution in [0.1, 0.15) is 26.7 Å². The summed E-state index contributed by atoms with van der Waals surface area (Å²) in [5.74, 6) is -0.0504. The Morgan fingerprint density at radius 1 is 1.35 bits per heavy atom. The van der Waals surface area contributed by atoms with Crippen molar-refractivity contribution in [3.05, 3.63) is 24.3 Å². The van der Waals surface area contributed by atoms with Crippen LogP contribution in [0, 0.1) is 5.92 Å². The maximum Gasteiger partial charge on any atom is 0.328 e. The predicted octanol–water partition coefficient (Wildman–Crippen LogP) is 2.40.